The number of hydrogen-bond acceptors (Lipinski definition) is 1. The Labute approximate surface area is 59.6 Å². The highest BCUT2D eigenvalue weighted by Crippen LogP contribution is 2.30. The minimum atomic E-state index is 0.164. The van der Waals surface area contributed by atoms with Crippen LogP contribution in [0.2, 0.25) is 0 Å². The first-order valence-electron chi connectivity index (χ1n) is 3.32. The van der Waals surface area contributed by atoms with Gasteiger partial charge in [-0.2, -0.15) is 0 Å². The first kappa shape index (κ1) is 5.69. The molecule has 0 spiro atoms. The number of fused-ring (bicyclic) bond motifs is 1. The van der Waals surface area contributed by atoms with Crippen molar-refractivity contribution in [3.8, 4) is 0 Å². The highest BCUT2D eigenvalue weighted by Gasteiger charge is 2.12. The van der Waals surface area contributed by atoms with E-state index in [-0.39, 0.29) is 6.61 Å². The minimum Gasteiger partial charge on any atom is -0.392 e. The molecule has 1 N–H and O–H groups in total. The van der Waals surface area contributed by atoms with Gasteiger partial charge in [0.25, 0.3) is 0 Å². The number of aliphatic hydroxyl groups is 1. The van der Waals surface area contributed by atoms with Gasteiger partial charge in [-0.05, 0) is 22.8 Å². The van der Waals surface area contributed by atoms with E-state index in [0.717, 1.165) is 5.57 Å². The van der Waals surface area contributed by atoms with E-state index in [1.165, 1.54) is 11.1 Å². The molecular formula is C9H8O. The first-order chi connectivity index (χ1) is 4.92. The third kappa shape index (κ3) is 0.611. The SMILES string of the molecule is OCC1=Cc2ccccc21. The van der Waals surface area contributed by atoms with E-state index < -0.39 is 0 Å². The van der Waals surface area contributed by atoms with E-state index in [2.05, 4.69) is 6.07 Å². The normalized spacial score (nSPS) is 13.5. The first-order valence-corrected chi connectivity index (χ1v) is 3.32. The van der Waals surface area contributed by atoms with Crippen molar-refractivity contribution in [3.05, 3.63) is 35.4 Å². The van der Waals surface area contributed by atoms with Gasteiger partial charge in [0, 0.05) is 0 Å². The molecule has 0 unspecified atom stereocenters. The zero-order valence-corrected chi connectivity index (χ0v) is 5.54. The summed E-state index contributed by atoms with van der Waals surface area (Å²) in [6.45, 7) is 0.164. The molecule has 50 valence electrons. The molecule has 0 fully saturated rings. The Hall–Kier alpha value is -1.08. The summed E-state index contributed by atoms with van der Waals surface area (Å²) in [6, 6.07) is 8.07. The van der Waals surface area contributed by atoms with Crippen LogP contribution in [-0.2, 0) is 0 Å². The molecular weight excluding hydrogens is 124 g/mol. The van der Waals surface area contributed by atoms with E-state index in [0.29, 0.717) is 0 Å². The van der Waals surface area contributed by atoms with Gasteiger partial charge in [-0.1, -0.05) is 24.3 Å². The summed E-state index contributed by atoms with van der Waals surface area (Å²) in [7, 11) is 0. The van der Waals surface area contributed by atoms with E-state index in [9.17, 15) is 0 Å². The molecule has 1 aliphatic carbocycles. The average Bonchev–Trinajstić information content (AvgIpc) is 1.92. The zero-order chi connectivity index (χ0) is 6.97. The van der Waals surface area contributed by atoms with Crippen molar-refractivity contribution in [1.82, 2.24) is 0 Å². The molecule has 1 aliphatic rings. The molecule has 2 rings (SSSR count). The topological polar surface area (TPSA) is 20.2 Å². The van der Waals surface area contributed by atoms with E-state index in [1.807, 2.05) is 24.3 Å². The van der Waals surface area contributed by atoms with Gasteiger partial charge in [-0.15, -0.1) is 0 Å². The van der Waals surface area contributed by atoms with Crippen LogP contribution in [0, 0.1) is 0 Å². The number of benzene rings is 1. The lowest BCUT2D eigenvalue weighted by Gasteiger charge is -2.16. The summed E-state index contributed by atoms with van der Waals surface area (Å²) < 4.78 is 0. The summed E-state index contributed by atoms with van der Waals surface area (Å²) >= 11 is 0. The van der Waals surface area contributed by atoms with Gasteiger partial charge >= 0.3 is 0 Å². The average molecular weight is 132 g/mol. The summed E-state index contributed by atoms with van der Waals surface area (Å²) in [5.74, 6) is 0. The van der Waals surface area contributed by atoms with Gasteiger partial charge in [0.15, 0.2) is 0 Å². The van der Waals surface area contributed by atoms with Crippen LogP contribution in [0.5, 0.6) is 0 Å². The minimum absolute atomic E-state index is 0.164. The molecule has 1 aromatic rings. The fourth-order valence-corrected chi connectivity index (χ4v) is 1.23. The fourth-order valence-electron chi connectivity index (χ4n) is 1.23. The van der Waals surface area contributed by atoms with Gasteiger partial charge in [0.1, 0.15) is 0 Å². The number of hydrogen-bond donors (Lipinski definition) is 1. The van der Waals surface area contributed by atoms with Crippen molar-refractivity contribution in [2.75, 3.05) is 6.61 Å². The summed E-state index contributed by atoms with van der Waals surface area (Å²) in [4.78, 5) is 0. The third-order valence-electron chi connectivity index (χ3n) is 1.81. The Kier molecular flexibility index (Phi) is 1.11. The van der Waals surface area contributed by atoms with Gasteiger partial charge in [-0.3, -0.25) is 0 Å². The standard InChI is InChI=1S/C9H8O/c10-6-8-5-7-3-1-2-4-9(7)8/h1-5,10H,6H2. The van der Waals surface area contributed by atoms with Crippen LogP contribution in [0.15, 0.2) is 24.3 Å². The number of aliphatic hydroxyl groups excluding tert-OH is 1. The van der Waals surface area contributed by atoms with Crippen molar-refractivity contribution in [2.24, 2.45) is 0 Å². The molecule has 0 heterocycles. The predicted octanol–water partition coefficient (Wildman–Crippen LogP) is 1.53. The Morgan fingerprint density at radius 1 is 1.20 bits per heavy atom. The van der Waals surface area contributed by atoms with Crippen LogP contribution >= 0.6 is 0 Å². The second-order valence-corrected chi connectivity index (χ2v) is 2.41. The summed E-state index contributed by atoms with van der Waals surface area (Å²) in [5.41, 5.74) is 3.49. The van der Waals surface area contributed by atoms with Crippen LogP contribution in [-0.4, -0.2) is 11.7 Å². The van der Waals surface area contributed by atoms with Gasteiger partial charge in [0.05, 0.1) is 6.61 Å². The van der Waals surface area contributed by atoms with Crippen LogP contribution in [0.1, 0.15) is 11.1 Å². The molecule has 10 heavy (non-hydrogen) atoms. The molecule has 0 radical (unpaired) electrons. The maximum absolute atomic E-state index is 8.76. The van der Waals surface area contributed by atoms with Crippen molar-refractivity contribution < 1.29 is 5.11 Å². The van der Waals surface area contributed by atoms with E-state index in [1.54, 1.807) is 0 Å². The monoisotopic (exact) mass is 132 g/mol. The van der Waals surface area contributed by atoms with Crippen molar-refractivity contribution >= 4 is 11.6 Å². The zero-order valence-electron chi connectivity index (χ0n) is 5.54. The largest absolute Gasteiger partial charge is 0.392 e. The Balaban J connectivity index is 2.43. The Bertz CT molecular complexity index is 287. The lowest BCUT2D eigenvalue weighted by Crippen LogP contribution is -2.01. The predicted molar refractivity (Wildman–Crippen MR) is 41.4 cm³/mol. The maximum atomic E-state index is 8.76. The van der Waals surface area contributed by atoms with Gasteiger partial charge in [-0.25, -0.2) is 0 Å². The molecule has 1 heteroatoms. The van der Waals surface area contributed by atoms with Gasteiger partial charge < -0.3 is 5.11 Å². The van der Waals surface area contributed by atoms with E-state index in [4.69, 9.17) is 5.11 Å². The number of rotatable bonds is 1. The Morgan fingerprint density at radius 3 is 2.70 bits per heavy atom. The lowest BCUT2D eigenvalue weighted by atomic mass is 9.89. The smallest absolute Gasteiger partial charge is 0.0688 e. The summed E-state index contributed by atoms with van der Waals surface area (Å²) in [6.07, 6.45) is 2.01. The fraction of sp³-hybridized carbons (Fsp3) is 0.111. The quantitative estimate of drug-likeness (QED) is 0.614. The van der Waals surface area contributed by atoms with Crippen molar-refractivity contribution in [2.45, 2.75) is 0 Å². The maximum Gasteiger partial charge on any atom is 0.0688 e. The molecule has 0 aromatic heterocycles. The Morgan fingerprint density at radius 2 is 2.00 bits per heavy atom. The van der Waals surface area contributed by atoms with Crippen molar-refractivity contribution in [1.29, 1.82) is 0 Å². The molecule has 1 nitrogen and oxygen atoms in total. The highest BCUT2D eigenvalue weighted by atomic mass is 16.3. The second kappa shape index (κ2) is 1.96. The van der Waals surface area contributed by atoms with Crippen molar-refractivity contribution in [3.63, 3.8) is 0 Å². The third-order valence-corrected chi connectivity index (χ3v) is 1.81. The second-order valence-electron chi connectivity index (χ2n) is 2.41. The van der Waals surface area contributed by atoms with Crippen LogP contribution in [0.4, 0.5) is 0 Å². The molecule has 0 aliphatic heterocycles. The molecule has 0 amide bonds. The van der Waals surface area contributed by atoms with Gasteiger partial charge in [0.2, 0.25) is 0 Å². The molecule has 1 aromatic carbocycles. The molecule has 0 atom stereocenters. The van der Waals surface area contributed by atoms with E-state index >= 15 is 0 Å². The van der Waals surface area contributed by atoms with Crippen LogP contribution in [0.25, 0.3) is 11.6 Å². The van der Waals surface area contributed by atoms with Crippen LogP contribution in [0.3, 0.4) is 0 Å². The summed E-state index contributed by atoms with van der Waals surface area (Å²) in [5, 5.41) is 8.76. The molecule has 0 saturated carbocycles. The molecule has 0 bridgehead atoms. The lowest BCUT2D eigenvalue weighted by molar-refractivity contribution is 0.350. The van der Waals surface area contributed by atoms with Crippen LogP contribution < -0.4 is 0 Å². The highest BCUT2D eigenvalue weighted by molar-refractivity contribution is 5.95. The molecule has 0 saturated heterocycles.